The molecule has 0 fully saturated rings. The van der Waals surface area contributed by atoms with Crippen molar-refractivity contribution in [2.75, 3.05) is 0 Å². The molecule has 0 amide bonds. The molecule has 0 spiro atoms. The monoisotopic (exact) mass is 275 g/mol. The van der Waals surface area contributed by atoms with Crippen LogP contribution in [0.15, 0.2) is 54.6 Å². The Kier molecular flexibility index (Phi) is 2.72. The molecule has 0 saturated carbocycles. The van der Waals surface area contributed by atoms with Crippen LogP contribution in [0.4, 0.5) is 0 Å². The van der Waals surface area contributed by atoms with Crippen molar-refractivity contribution in [2.24, 2.45) is 5.73 Å². The molecule has 21 heavy (non-hydrogen) atoms. The van der Waals surface area contributed by atoms with Gasteiger partial charge in [0.2, 0.25) is 0 Å². The lowest BCUT2D eigenvalue weighted by atomic mass is 9.97. The van der Waals surface area contributed by atoms with Gasteiger partial charge < -0.3 is 10.8 Å². The molecule has 0 saturated heterocycles. The summed E-state index contributed by atoms with van der Waals surface area (Å²) < 4.78 is 0. The lowest BCUT2D eigenvalue weighted by Gasteiger charge is -2.09. The van der Waals surface area contributed by atoms with Gasteiger partial charge in [-0.25, -0.2) is 0 Å². The van der Waals surface area contributed by atoms with Gasteiger partial charge in [-0.3, -0.25) is 0 Å². The highest BCUT2D eigenvalue weighted by atomic mass is 16.3. The number of hydrogen-bond acceptors (Lipinski definition) is 2. The lowest BCUT2D eigenvalue weighted by Crippen LogP contribution is -2.04. The summed E-state index contributed by atoms with van der Waals surface area (Å²) in [5, 5.41) is 11.8. The van der Waals surface area contributed by atoms with Gasteiger partial charge in [-0.15, -0.1) is 0 Å². The van der Waals surface area contributed by atoms with Gasteiger partial charge in [0.25, 0.3) is 0 Å². The summed E-state index contributed by atoms with van der Waals surface area (Å²) in [4.78, 5) is 0. The van der Waals surface area contributed by atoms with E-state index in [9.17, 15) is 5.11 Å². The maximum Gasteiger partial charge on any atom is 0.116 e. The molecule has 0 bridgehead atoms. The highest BCUT2D eigenvalue weighted by Gasteiger charge is 2.19. The van der Waals surface area contributed by atoms with E-state index in [0.29, 0.717) is 5.75 Å². The Bertz CT molecular complexity index is 838. The first kappa shape index (κ1) is 12.4. The normalized spacial score (nSPS) is 17.1. The van der Waals surface area contributed by atoms with Crippen LogP contribution in [0.3, 0.4) is 0 Å². The number of aromatic hydroxyl groups is 1. The molecule has 4 rings (SSSR count). The molecule has 0 unspecified atom stereocenters. The van der Waals surface area contributed by atoms with Crippen LogP contribution in [0, 0.1) is 0 Å². The van der Waals surface area contributed by atoms with E-state index < -0.39 is 0 Å². The number of nitrogens with two attached hydrogens (primary N) is 1. The van der Waals surface area contributed by atoms with Gasteiger partial charge in [0.05, 0.1) is 0 Å². The highest BCUT2D eigenvalue weighted by Crippen LogP contribution is 2.33. The van der Waals surface area contributed by atoms with Crippen LogP contribution >= 0.6 is 0 Å². The van der Waals surface area contributed by atoms with Crippen molar-refractivity contribution >= 4 is 10.8 Å². The minimum Gasteiger partial charge on any atom is -0.508 e. The van der Waals surface area contributed by atoms with Gasteiger partial charge in [-0.1, -0.05) is 36.4 Å². The summed E-state index contributed by atoms with van der Waals surface area (Å²) in [6.07, 6.45) is 2.11. The summed E-state index contributed by atoms with van der Waals surface area (Å²) in [6.45, 7) is 0. The molecule has 0 aliphatic heterocycles. The molecule has 0 aromatic heterocycles. The number of aryl methyl sites for hydroxylation is 1. The standard InChI is InChI=1S/C19H17NO/c20-19-8-5-15-9-14(4-7-18(15)19)13-2-1-12-3-6-17(21)11-16(12)10-13/h1-4,6-7,9-11,19,21H,5,8,20H2/t19-/m0/s1. The van der Waals surface area contributed by atoms with E-state index in [2.05, 4.69) is 36.4 Å². The van der Waals surface area contributed by atoms with Crippen molar-refractivity contribution in [1.82, 2.24) is 0 Å². The van der Waals surface area contributed by atoms with Crippen LogP contribution in [-0.2, 0) is 6.42 Å². The highest BCUT2D eigenvalue weighted by molar-refractivity contribution is 5.88. The molecule has 0 radical (unpaired) electrons. The first-order valence-corrected chi connectivity index (χ1v) is 7.32. The molecular formula is C19H17NO. The van der Waals surface area contributed by atoms with Gasteiger partial charge in [0.15, 0.2) is 0 Å². The molecule has 1 aliphatic rings. The molecule has 104 valence electrons. The maximum absolute atomic E-state index is 9.63. The van der Waals surface area contributed by atoms with Crippen LogP contribution in [-0.4, -0.2) is 5.11 Å². The van der Waals surface area contributed by atoms with Gasteiger partial charge in [0.1, 0.15) is 5.75 Å². The molecule has 2 heteroatoms. The second-order valence-electron chi connectivity index (χ2n) is 5.80. The van der Waals surface area contributed by atoms with E-state index in [0.717, 1.165) is 23.6 Å². The van der Waals surface area contributed by atoms with Crippen molar-refractivity contribution in [2.45, 2.75) is 18.9 Å². The Labute approximate surface area is 123 Å². The minimum atomic E-state index is 0.197. The molecule has 1 aliphatic carbocycles. The largest absolute Gasteiger partial charge is 0.508 e. The first-order chi connectivity index (χ1) is 10.2. The lowest BCUT2D eigenvalue weighted by molar-refractivity contribution is 0.476. The third-order valence-corrected chi connectivity index (χ3v) is 4.42. The molecule has 3 aromatic carbocycles. The molecular weight excluding hydrogens is 258 g/mol. The second kappa shape index (κ2) is 4.61. The van der Waals surface area contributed by atoms with Crippen molar-refractivity contribution in [1.29, 1.82) is 0 Å². The summed E-state index contributed by atoms with van der Waals surface area (Å²) >= 11 is 0. The smallest absolute Gasteiger partial charge is 0.116 e. The Hall–Kier alpha value is -2.32. The van der Waals surface area contributed by atoms with E-state index in [1.54, 1.807) is 6.07 Å². The van der Waals surface area contributed by atoms with Gasteiger partial charge in [-0.05, 0) is 64.1 Å². The van der Waals surface area contributed by atoms with Crippen LogP contribution in [0.2, 0.25) is 0 Å². The molecule has 2 nitrogen and oxygen atoms in total. The Balaban J connectivity index is 1.83. The fourth-order valence-electron chi connectivity index (χ4n) is 3.24. The van der Waals surface area contributed by atoms with Gasteiger partial charge in [0, 0.05) is 6.04 Å². The van der Waals surface area contributed by atoms with Crippen LogP contribution in [0.25, 0.3) is 21.9 Å². The number of phenols is 1. The fraction of sp³-hybridized carbons (Fsp3) is 0.158. The SMILES string of the molecule is N[C@H]1CCc2cc(-c3ccc4ccc(O)cc4c3)ccc21. The van der Waals surface area contributed by atoms with Gasteiger partial charge in [-0.2, -0.15) is 0 Å². The summed E-state index contributed by atoms with van der Waals surface area (Å²) in [5.74, 6) is 0.305. The topological polar surface area (TPSA) is 46.2 Å². The average molecular weight is 275 g/mol. The Morgan fingerprint density at radius 2 is 1.62 bits per heavy atom. The fourth-order valence-corrected chi connectivity index (χ4v) is 3.24. The summed E-state index contributed by atoms with van der Waals surface area (Å²) in [5.41, 5.74) is 11.2. The van der Waals surface area contributed by atoms with Crippen LogP contribution in [0.1, 0.15) is 23.6 Å². The zero-order valence-electron chi connectivity index (χ0n) is 11.7. The minimum absolute atomic E-state index is 0.197. The number of phenolic OH excluding ortho intramolecular Hbond substituents is 1. The van der Waals surface area contributed by atoms with Crippen LogP contribution < -0.4 is 5.73 Å². The number of hydrogen-bond donors (Lipinski definition) is 2. The predicted octanol–water partition coefficient (Wildman–Crippen LogP) is 4.16. The van der Waals surface area contributed by atoms with E-state index in [1.165, 1.54) is 22.3 Å². The Morgan fingerprint density at radius 3 is 2.52 bits per heavy atom. The van der Waals surface area contributed by atoms with Crippen molar-refractivity contribution < 1.29 is 5.11 Å². The third-order valence-electron chi connectivity index (χ3n) is 4.42. The van der Waals surface area contributed by atoms with Gasteiger partial charge >= 0.3 is 0 Å². The molecule has 1 atom stereocenters. The van der Waals surface area contributed by atoms with E-state index >= 15 is 0 Å². The number of rotatable bonds is 1. The maximum atomic E-state index is 9.63. The quantitative estimate of drug-likeness (QED) is 0.700. The molecule has 3 N–H and O–H groups in total. The Morgan fingerprint density at radius 1 is 0.857 bits per heavy atom. The first-order valence-electron chi connectivity index (χ1n) is 7.32. The van der Waals surface area contributed by atoms with Crippen molar-refractivity contribution in [3.8, 4) is 16.9 Å². The zero-order valence-corrected chi connectivity index (χ0v) is 11.7. The van der Waals surface area contributed by atoms with E-state index in [1.807, 2.05) is 12.1 Å². The zero-order chi connectivity index (χ0) is 14.4. The van der Waals surface area contributed by atoms with Crippen LogP contribution in [0.5, 0.6) is 5.75 Å². The van der Waals surface area contributed by atoms with Crippen molar-refractivity contribution in [3.63, 3.8) is 0 Å². The van der Waals surface area contributed by atoms with E-state index in [-0.39, 0.29) is 6.04 Å². The average Bonchev–Trinajstić information content (AvgIpc) is 2.87. The summed E-state index contributed by atoms with van der Waals surface area (Å²) in [7, 11) is 0. The summed E-state index contributed by atoms with van der Waals surface area (Å²) in [6, 6.07) is 18.6. The third kappa shape index (κ3) is 2.08. The predicted molar refractivity (Wildman–Crippen MR) is 86.3 cm³/mol. The molecule has 3 aromatic rings. The number of fused-ring (bicyclic) bond motifs is 2. The van der Waals surface area contributed by atoms with Crippen molar-refractivity contribution in [3.05, 3.63) is 65.7 Å². The number of benzene rings is 3. The molecule has 0 heterocycles. The second-order valence-corrected chi connectivity index (χ2v) is 5.80. The van der Waals surface area contributed by atoms with E-state index in [4.69, 9.17) is 5.73 Å².